The summed E-state index contributed by atoms with van der Waals surface area (Å²) in [7, 11) is 3.33. The van der Waals surface area contributed by atoms with Crippen LogP contribution in [0.25, 0.3) is 0 Å². The third kappa shape index (κ3) is 8.80. The number of benzene rings is 3. The van der Waals surface area contributed by atoms with E-state index in [9.17, 15) is 28.2 Å². The summed E-state index contributed by atoms with van der Waals surface area (Å²) in [6, 6.07) is 17.0. The Bertz CT molecular complexity index is 2440. The lowest BCUT2D eigenvalue weighted by molar-refractivity contribution is -0.136. The number of rotatable bonds is 13. The van der Waals surface area contributed by atoms with E-state index in [2.05, 4.69) is 47.1 Å². The summed E-state index contributed by atoms with van der Waals surface area (Å²) in [6.45, 7) is 4.12. The normalized spacial score (nSPS) is 18.7. The topological polar surface area (TPSA) is 199 Å². The van der Waals surface area contributed by atoms with Gasteiger partial charge in [-0.1, -0.05) is 29.8 Å². The van der Waals surface area contributed by atoms with Crippen molar-refractivity contribution in [2.24, 2.45) is 5.41 Å². The molecule has 17 nitrogen and oxygen atoms in total. The van der Waals surface area contributed by atoms with Gasteiger partial charge >= 0.3 is 0 Å². The molecule has 3 fully saturated rings. The van der Waals surface area contributed by atoms with Gasteiger partial charge in [0, 0.05) is 51.3 Å². The number of fused-ring (bicyclic) bond motifs is 1. The van der Waals surface area contributed by atoms with Crippen LogP contribution in [-0.2, 0) is 26.2 Å². The minimum absolute atomic E-state index is 0.0270. The smallest absolute Gasteiger partial charge is 0.264 e. The Morgan fingerprint density at radius 2 is 1.69 bits per heavy atom. The van der Waals surface area contributed by atoms with Crippen LogP contribution in [0.1, 0.15) is 65.7 Å². The highest BCUT2D eigenvalue weighted by atomic mass is 35.5. The first-order chi connectivity index (χ1) is 30.0. The van der Waals surface area contributed by atoms with Crippen molar-refractivity contribution in [2.75, 3.05) is 72.0 Å². The van der Waals surface area contributed by atoms with E-state index >= 15 is 0 Å². The molecular formula is C43H47ClN10O7S. The zero-order valence-electron chi connectivity index (χ0n) is 34.3. The van der Waals surface area contributed by atoms with Crippen LogP contribution < -0.4 is 35.2 Å². The first-order valence-electron chi connectivity index (χ1n) is 20.5. The van der Waals surface area contributed by atoms with Crippen LogP contribution in [0.5, 0.6) is 5.75 Å². The molecule has 5 amide bonds. The summed E-state index contributed by atoms with van der Waals surface area (Å²) in [6.07, 6.45) is 5.97. The molecular weight excluding hydrogens is 836 g/mol. The van der Waals surface area contributed by atoms with Gasteiger partial charge in [-0.3, -0.25) is 38.5 Å². The molecule has 4 aliphatic heterocycles. The number of nitrogens with zero attached hydrogens (tertiary/aromatic N) is 6. The number of ether oxygens (including phenoxy) is 1. The SMILES string of the molecule is COc1cc(N2CCC3(CCN(CCC(=O)Nc4cccc5c4C(=O)N(C4CCC(=O)NC4=O)C5=O)CC3)CC2)ccc1Nc1ncc(Cl)c(Nc2ccccc2N(C)[SH]=O)n1. The van der Waals surface area contributed by atoms with E-state index in [0.717, 1.165) is 62.4 Å². The summed E-state index contributed by atoms with van der Waals surface area (Å²) in [5, 5.41) is 11.8. The highest BCUT2D eigenvalue weighted by Crippen LogP contribution is 2.43. The van der Waals surface area contributed by atoms with Gasteiger partial charge in [0.05, 0.1) is 47.2 Å². The predicted octanol–water partition coefficient (Wildman–Crippen LogP) is 5.03. The maximum Gasteiger partial charge on any atom is 0.264 e. The van der Waals surface area contributed by atoms with Crippen LogP contribution in [0.2, 0.25) is 5.02 Å². The van der Waals surface area contributed by atoms with Crippen LogP contribution in [0.15, 0.2) is 66.9 Å². The Morgan fingerprint density at radius 1 is 0.952 bits per heavy atom. The number of halogens is 1. The van der Waals surface area contributed by atoms with Gasteiger partial charge in [-0.05, 0) is 87.0 Å². The lowest BCUT2D eigenvalue weighted by Gasteiger charge is -2.47. The van der Waals surface area contributed by atoms with E-state index in [1.807, 2.05) is 36.4 Å². The third-order valence-corrected chi connectivity index (χ3v) is 13.0. The molecule has 5 heterocycles. The van der Waals surface area contributed by atoms with E-state index < -0.39 is 29.7 Å². The van der Waals surface area contributed by atoms with Gasteiger partial charge in [0.15, 0.2) is 5.82 Å². The number of anilines is 7. The number of carbonyl (C=O) groups is 5. The number of piperidine rings is 3. The van der Waals surface area contributed by atoms with Gasteiger partial charge < -0.3 is 30.5 Å². The number of thiol groups is 1. The standard InChI is InChI=1S/C43H47ClN10O7S/c1-51(62-60)32-9-4-3-7-29(32)47-38-28(44)25-45-42(50-38)48-30-11-10-26(24-34(30)61-2)53-22-17-43(18-23-53)15-20-52(21-16-43)19-14-36(56)46-31-8-5-6-27-37(31)41(59)54(40(27)58)33-12-13-35(55)49-39(33)57/h3-11,24-25,33,62H,12-23H2,1-2H3,(H,46,56)(H,49,55,57)(H2,45,47,48,50). The molecule has 1 aromatic heterocycles. The zero-order chi connectivity index (χ0) is 43.5. The monoisotopic (exact) mass is 882 g/mol. The summed E-state index contributed by atoms with van der Waals surface area (Å²) < 4.78 is 18.9. The Kier molecular flexibility index (Phi) is 12.4. The number of para-hydroxylation sites is 2. The Hall–Kier alpha value is -6.11. The van der Waals surface area contributed by atoms with Crippen LogP contribution >= 0.6 is 11.6 Å². The van der Waals surface area contributed by atoms with Crippen molar-refractivity contribution in [2.45, 2.75) is 51.0 Å². The van der Waals surface area contributed by atoms with Crippen molar-refractivity contribution >= 4 is 93.2 Å². The second-order valence-electron chi connectivity index (χ2n) is 15.9. The molecule has 3 aromatic carbocycles. The summed E-state index contributed by atoms with van der Waals surface area (Å²) in [4.78, 5) is 78.5. The number of methoxy groups -OCH3 is 1. The van der Waals surface area contributed by atoms with Crippen molar-refractivity contribution in [3.05, 3.63) is 83.0 Å². The molecule has 1 spiro atoms. The highest BCUT2D eigenvalue weighted by Gasteiger charge is 2.46. The number of hydrogen-bond donors (Lipinski definition) is 5. The predicted molar refractivity (Wildman–Crippen MR) is 237 cm³/mol. The molecule has 8 rings (SSSR count). The number of amides is 5. The Morgan fingerprint density at radius 3 is 2.44 bits per heavy atom. The molecule has 3 saturated heterocycles. The van der Waals surface area contributed by atoms with E-state index in [4.69, 9.17) is 16.3 Å². The molecule has 4 aliphatic rings. The van der Waals surface area contributed by atoms with Gasteiger partial charge in [0.25, 0.3) is 11.8 Å². The second kappa shape index (κ2) is 18.1. The van der Waals surface area contributed by atoms with Crippen molar-refractivity contribution in [3.63, 3.8) is 0 Å². The summed E-state index contributed by atoms with van der Waals surface area (Å²) in [5.74, 6) is -1.33. The average molecular weight is 883 g/mol. The molecule has 0 aliphatic carbocycles. The fraction of sp³-hybridized carbons (Fsp3) is 0.372. The van der Waals surface area contributed by atoms with Crippen molar-refractivity contribution in [3.8, 4) is 5.75 Å². The number of aromatic nitrogens is 2. The number of imide groups is 2. The fourth-order valence-corrected chi connectivity index (χ4v) is 9.13. The molecule has 4 N–H and O–H groups in total. The van der Waals surface area contributed by atoms with E-state index in [-0.39, 0.29) is 59.3 Å². The van der Waals surface area contributed by atoms with Crippen molar-refractivity contribution in [1.29, 1.82) is 0 Å². The van der Waals surface area contributed by atoms with Crippen LogP contribution in [0, 0.1) is 5.41 Å². The number of hydrogen-bond acceptors (Lipinski definition) is 13. The molecule has 4 aromatic rings. The number of carbonyl (C=O) groups excluding carboxylic acids is 5. The summed E-state index contributed by atoms with van der Waals surface area (Å²) in [5.41, 5.74) is 3.78. The maximum absolute atomic E-state index is 13.4. The molecule has 0 radical (unpaired) electrons. The van der Waals surface area contributed by atoms with E-state index in [1.54, 1.807) is 30.6 Å². The lowest BCUT2D eigenvalue weighted by Crippen LogP contribution is -2.54. The Balaban J connectivity index is 0.819. The molecule has 0 bridgehead atoms. The highest BCUT2D eigenvalue weighted by molar-refractivity contribution is 7.67. The first kappa shape index (κ1) is 42.6. The van der Waals surface area contributed by atoms with Gasteiger partial charge in [0.2, 0.25) is 23.7 Å². The van der Waals surface area contributed by atoms with Crippen LogP contribution in [0.3, 0.4) is 0 Å². The van der Waals surface area contributed by atoms with Crippen molar-refractivity contribution in [1.82, 2.24) is 25.1 Å². The van der Waals surface area contributed by atoms with E-state index in [1.165, 1.54) is 12.3 Å². The average Bonchev–Trinajstić information content (AvgIpc) is 3.53. The minimum Gasteiger partial charge on any atom is -0.494 e. The van der Waals surface area contributed by atoms with Crippen LogP contribution in [-0.4, -0.2) is 106 Å². The number of nitrogens with one attached hydrogen (secondary N) is 4. The molecule has 62 heavy (non-hydrogen) atoms. The summed E-state index contributed by atoms with van der Waals surface area (Å²) >= 11 is 6.31. The van der Waals surface area contributed by atoms with Gasteiger partial charge in [-0.25, -0.2) is 9.19 Å². The molecule has 1 atom stereocenters. The maximum atomic E-state index is 13.4. The molecule has 19 heteroatoms. The second-order valence-corrected chi connectivity index (χ2v) is 17.1. The molecule has 324 valence electrons. The van der Waals surface area contributed by atoms with Crippen LogP contribution in [0.4, 0.5) is 40.2 Å². The minimum atomic E-state index is -1.08. The zero-order valence-corrected chi connectivity index (χ0v) is 35.9. The van der Waals surface area contributed by atoms with Crippen molar-refractivity contribution < 1.29 is 32.9 Å². The first-order valence-corrected chi connectivity index (χ1v) is 21.6. The quantitative estimate of drug-likeness (QED) is 0.0886. The lowest BCUT2D eigenvalue weighted by atomic mass is 9.71. The fourth-order valence-electron chi connectivity index (χ4n) is 8.73. The van der Waals surface area contributed by atoms with Gasteiger partial charge in [-0.2, -0.15) is 4.98 Å². The largest absolute Gasteiger partial charge is 0.494 e. The van der Waals surface area contributed by atoms with Gasteiger partial charge in [-0.15, -0.1) is 0 Å². The third-order valence-electron chi connectivity index (χ3n) is 12.3. The van der Waals surface area contributed by atoms with Gasteiger partial charge in [0.1, 0.15) is 28.7 Å². The Labute approximate surface area is 367 Å². The van der Waals surface area contributed by atoms with E-state index in [0.29, 0.717) is 46.1 Å². The number of likely N-dealkylation sites (tertiary alicyclic amines) is 1. The molecule has 1 unspecified atom stereocenters. The molecule has 0 saturated carbocycles.